The van der Waals surface area contributed by atoms with Gasteiger partial charge >= 0.3 is 5.97 Å². The first-order chi connectivity index (χ1) is 9.11. The zero-order valence-electron chi connectivity index (χ0n) is 10.8. The molecule has 0 atom stereocenters. The van der Waals surface area contributed by atoms with Crippen molar-refractivity contribution in [2.24, 2.45) is 0 Å². The van der Waals surface area contributed by atoms with E-state index in [1.807, 2.05) is 6.92 Å². The highest BCUT2D eigenvalue weighted by Gasteiger charge is 2.11. The van der Waals surface area contributed by atoms with E-state index < -0.39 is 5.97 Å². The molecule has 2 rings (SSSR count). The standard InChI is InChI=1S/C15H14FNO2/c1-3-19-15(18)14-6-4-5-13(17-14)12-9-11(16)8-7-10(12)2/h4-9H,3H2,1-2H3. The fourth-order valence-corrected chi connectivity index (χ4v) is 1.77. The van der Waals surface area contributed by atoms with Crippen LogP contribution in [0.2, 0.25) is 0 Å². The Balaban J connectivity index is 2.43. The van der Waals surface area contributed by atoms with Crippen LogP contribution in [0.4, 0.5) is 4.39 Å². The Morgan fingerprint density at radius 1 is 1.32 bits per heavy atom. The van der Waals surface area contributed by atoms with Gasteiger partial charge in [0.25, 0.3) is 0 Å². The molecule has 4 heteroatoms. The Kier molecular flexibility index (Phi) is 3.90. The summed E-state index contributed by atoms with van der Waals surface area (Å²) < 4.78 is 18.2. The monoisotopic (exact) mass is 259 g/mol. The smallest absolute Gasteiger partial charge is 0.356 e. The number of carbonyl (C=O) groups is 1. The molecule has 0 unspecified atom stereocenters. The molecule has 0 amide bonds. The highest BCUT2D eigenvalue weighted by Crippen LogP contribution is 2.22. The molecular formula is C15H14FNO2. The Hall–Kier alpha value is -2.23. The number of aryl methyl sites for hydroxylation is 1. The molecule has 98 valence electrons. The highest BCUT2D eigenvalue weighted by molar-refractivity contribution is 5.88. The molecule has 1 aromatic heterocycles. The van der Waals surface area contributed by atoms with Crippen molar-refractivity contribution in [2.75, 3.05) is 6.61 Å². The van der Waals surface area contributed by atoms with E-state index in [2.05, 4.69) is 4.98 Å². The average Bonchev–Trinajstić information content (AvgIpc) is 2.42. The van der Waals surface area contributed by atoms with E-state index >= 15 is 0 Å². The largest absolute Gasteiger partial charge is 0.461 e. The summed E-state index contributed by atoms with van der Waals surface area (Å²) in [6.07, 6.45) is 0. The van der Waals surface area contributed by atoms with Crippen molar-refractivity contribution < 1.29 is 13.9 Å². The van der Waals surface area contributed by atoms with E-state index in [9.17, 15) is 9.18 Å². The van der Waals surface area contributed by atoms with Crippen LogP contribution < -0.4 is 0 Å². The topological polar surface area (TPSA) is 39.2 Å². The molecule has 2 aromatic rings. The normalized spacial score (nSPS) is 10.3. The number of ether oxygens (including phenoxy) is 1. The molecule has 0 aliphatic carbocycles. The summed E-state index contributed by atoms with van der Waals surface area (Å²) in [4.78, 5) is 15.8. The summed E-state index contributed by atoms with van der Waals surface area (Å²) in [5.74, 6) is -0.803. The first-order valence-corrected chi connectivity index (χ1v) is 6.02. The molecule has 0 aliphatic rings. The fourth-order valence-electron chi connectivity index (χ4n) is 1.77. The van der Waals surface area contributed by atoms with E-state index in [0.717, 1.165) is 5.56 Å². The fraction of sp³-hybridized carbons (Fsp3) is 0.200. The third-order valence-electron chi connectivity index (χ3n) is 2.71. The minimum Gasteiger partial charge on any atom is -0.461 e. The van der Waals surface area contributed by atoms with Gasteiger partial charge in [0.15, 0.2) is 0 Å². The summed E-state index contributed by atoms with van der Waals surface area (Å²) in [7, 11) is 0. The molecule has 1 heterocycles. The molecule has 0 saturated carbocycles. The van der Waals surface area contributed by atoms with Gasteiger partial charge in [0.2, 0.25) is 0 Å². The minimum atomic E-state index is -0.474. The van der Waals surface area contributed by atoms with Crippen LogP contribution in [0.3, 0.4) is 0 Å². The van der Waals surface area contributed by atoms with Gasteiger partial charge in [-0.25, -0.2) is 14.2 Å². The number of aromatic nitrogens is 1. The number of esters is 1. The SMILES string of the molecule is CCOC(=O)c1cccc(-c2cc(F)ccc2C)n1. The van der Waals surface area contributed by atoms with Crippen molar-refractivity contribution in [1.29, 1.82) is 0 Å². The molecule has 3 nitrogen and oxygen atoms in total. The molecule has 0 saturated heterocycles. The average molecular weight is 259 g/mol. The van der Waals surface area contributed by atoms with Crippen LogP contribution in [0.25, 0.3) is 11.3 Å². The number of benzene rings is 1. The first kappa shape index (κ1) is 13.2. The lowest BCUT2D eigenvalue weighted by Gasteiger charge is -2.07. The third kappa shape index (κ3) is 2.96. The van der Waals surface area contributed by atoms with Crippen molar-refractivity contribution in [2.45, 2.75) is 13.8 Å². The molecule has 19 heavy (non-hydrogen) atoms. The van der Waals surface area contributed by atoms with E-state index in [1.165, 1.54) is 12.1 Å². The van der Waals surface area contributed by atoms with Gasteiger partial charge in [-0.15, -0.1) is 0 Å². The summed E-state index contributed by atoms with van der Waals surface area (Å²) in [5.41, 5.74) is 2.35. The maximum absolute atomic E-state index is 13.3. The summed E-state index contributed by atoms with van der Waals surface area (Å²) in [6, 6.07) is 9.52. The second-order valence-corrected chi connectivity index (χ2v) is 4.09. The Bertz CT molecular complexity index is 611. The van der Waals surface area contributed by atoms with E-state index in [1.54, 1.807) is 31.2 Å². The third-order valence-corrected chi connectivity index (χ3v) is 2.71. The zero-order valence-corrected chi connectivity index (χ0v) is 10.8. The maximum atomic E-state index is 13.3. The highest BCUT2D eigenvalue weighted by atomic mass is 19.1. The number of carbonyl (C=O) groups excluding carboxylic acids is 1. The zero-order chi connectivity index (χ0) is 13.8. The predicted octanol–water partition coefficient (Wildman–Crippen LogP) is 3.37. The predicted molar refractivity (Wildman–Crippen MR) is 70.3 cm³/mol. The lowest BCUT2D eigenvalue weighted by molar-refractivity contribution is 0.0519. The molecule has 0 aliphatic heterocycles. The molecule has 1 aromatic carbocycles. The van der Waals surface area contributed by atoms with Crippen LogP contribution in [-0.2, 0) is 4.74 Å². The van der Waals surface area contributed by atoms with E-state index in [-0.39, 0.29) is 11.5 Å². The van der Waals surface area contributed by atoms with Gasteiger partial charge in [0.05, 0.1) is 12.3 Å². The quantitative estimate of drug-likeness (QED) is 0.793. The van der Waals surface area contributed by atoms with Gasteiger partial charge in [0, 0.05) is 5.56 Å². The van der Waals surface area contributed by atoms with E-state index in [4.69, 9.17) is 4.74 Å². The summed E-state index contributed by atoms with van der Waals surface area (Å²) in [6.45, 7) is 3.90. The van der Waals surface area contributed by atoms with Gasteiger partial charge in [0.1, 0.15) is 11.5 Å². The van der Waals surface area contributed by atoms with Crippen molar-refractivity contribution in [3.05, 3.63) is 53.5 Å². The van der Waals surface area contributed by atoms with Gasteiger partial charge in [-0.1, -0.05) is 12.1 Å². The minimum absolute atomic E-state index is 0.225. The van der Waals surface area contributed by atoms with Crippen molar-refractivity contribution in [3.8, 4) is 11.3 Å². The number of rotatable bonds is 3. The Morgan fingerprint density at radius 2 is 2.11 bits per heavy atom. The summed E-state index contributed by atoms with van der Waals surface area (Å²) in [5, 5.41) is 0. The maximum Gasteiger partial charge on any atom is 0.356 e. The van der Waals surface area contributed by atoms with Gasteiger partial charge < -0.3 is 4.74 Å². The van der Waals surface area contributed by atoms with Crippen LogP contribution in [0.1, 0.15) is 23.0 Å². The van der Waals surface area contributed by atoms with Crippen LogP contribution in [0.15, 0.2) is 36.4 Å². The van der Waals surface area contributed by atoms with Gasteiger partial charge in [-0.05, 0) is 43.7 Å². The van der Waals surface area contributed by atoms with E-state index in [0.29, 0.717) is 17.9 Å². The molecular weight excluding hydrogens is 245 g/mol. The number of hydrogen-bond donors (Lipinski definition) is 0. The number of pyridine rings is 1. The van der Waals surface area contributed by atoms with Crippen LogP contribution in [-0.4, -0.2) is 17.6 Å². The lowest BCUT2D eigenvalue weighted by Crippen LogP contribution is -2.07. The second-order valence-electron chi connectivity index (χ2n) is 4.09. The van der Waals surface area contributed by atoms with Crippen molar-refractivity contribution in [3.63, 3.8) is 0 Å². The number of nitrogens with zero attached hydrogens (tertiary/aromatic N) is 1. The molecule has 0 radical (unpaired) electrons. The summed E-state index contributed by atoms with van der Waals surface area (Å²) >= 11 is 0. The number of hydrogen-bond acceptors (Lipinski definition) is 3. The van der Waals surface area contributed by atoms with Crippen molar-refractivity contribution >= 4 is 5.97 Å². The first-order valence-electron chi connectivity index (χ1n) is 6.02. The molecule has 0 bridgehead atoms. The second kappa shape index (κ2) is 5.61. The van der Waals surface area contributed by atoms with Crippen LogP contribution >= 0.6 is 0 Å². The van der Waals surface area contributed by atoms with Crippen LogP contribution in [0.5, 0.6) is 0 Å². The van der Waals surface area contributed by atoms with Gasteiger partial charge in [-0.2, -0.15) is 0 Å². The molecule has 0 N–H and O–H groups in total. The molecule has 0 spiro atoms. The van der Waals surface area contributed by atoms with Gasteiger partial charge in [-0.3, -0.25) is 0 Å². The Labute approximate surface area is 111 Å². The lowest BCUT2D eigenvalue weighted by atomic mass is 10.0. The molecule has 0 fully saturated rings. The van der Waals surface area contributed by atoms with Crippen molar-refractivity contribution in [1.82, 2.24) is 4.98 Å². The Morgan fingerprint density at radius 3 is 2.84 bits per heavy atom. The van der Waals surface area contributed by atoms with Crippen LogP contribution in [0, 0.1) is 12.7 Å². The number of halogens is 1.